The molecule has 2 aromatic heterocycles. The minimum Gasteiger partial charge on any atom is -0.496 e. The van der Waals surface area contributed by atoms with Crippen molar-refractivity contribution in [3.63, 3.8) is 0 Å². The summed E-state index contributed by atoms with van der Waals surface area (Å²) in [6, 6.07) is 11.2. The fourth-order valence-corrected chi connectivity index (χ4v) is 3.48. The van der Waals surface area contributed by atoms with Crippen molar-refractivity contribution in [3.05, 3.63) is 59.5 Å². The van der Waals surface area contributed by atoms with Crippen molar-refractivity contribution in [3.8, 4) is 17.2 Å². The first-order valence-electron chi connectivity index (χ1n) is 8.32. The molecule has 0 bridgehead atoms. The summed E-state index contributed by atoms with van der Waals surface area (Å²) < 4.78 is 11.1. The van der Waals surface area contributed by atoms with Gasteiger partial charge in [-0.2, -0.15) is 5.10 Å². The molecule has 1 amide bonds. The molecule has 0 spiro atoms. The third kappa shape index (κ3) is 2.33. The summed E-state index contributed by atoms with van der Waals surface area (Å²) >= 11 is 0. The van der Waals surface area contributed by atoms with Crippen molar-refractivity contribution >= 4 is 5.91 Å². The second-order valence-electron chi connectivity index (χ2n) is 5.98. The molecule has 0 aliphatic carbocycles. The highest BCUT2D eigenvalue weighted by Crippen LogP contribution is 2.45. The van der Waals surface area contributed by atoms with E-state index in [9.17, 15) is 4.79 Å². The van der Waals surface area contributed by atoms with Crippen LogP contribution in [0, 0.1) is 0 Å². The molecule has 3 heterocycles. The summed E-state index contributed by atoms with van der Waals surface area (Å²) in [5.41, 5.74) is 2.98. The molecule has 4 rings (SSSR count). The highest BCUT2D eigenvalue weighted by atomic mass is 16.5. The number of carbonyl (C=O) groups is 1. The number of fused-ring (bicyclic) bond motifs is 1. The molecule has 1 aliphatic rings. The predicted octanol–water partition coefficient (Wildman–Crippen LogP) is 3.63. The van der Waals surface area contributed by atoms with Crippen LogP contribution < -0.4 is 4.74 Å². The zero-order valence-corrected chi connectivity index (χ0v) is 14.2. The van der Waals surface area contributed by atoms with Crippen molar-refractivity contribution in [1.29, 1.82) is 0 Å². The number of amides is 1. The number of ether oxygens (including phenoxy) is 1. The fraction of sp³-hybridized carbons (Fsp3) is 0.263. The Morgan fingerprint density at radius 1 is 1.28 bits per heavy atom. The monoisotopic (exact) mass is 337 g/mol. The quantitative estimate of drug-likeness (QED) is 0.772. The molecule has 25 heavy (non-hydrogen) atoms. The lowest BCUT2D eigenvalue weighted by Crippen LogP contribution is -2.30. The first-order chi connectivity index (χ1) is 12.3. The Labute approximate surface area is 145 Å². The van der Waals surface area contributed by atoms with Crippen molar-refractivity contribution < 1.29 is 13.9 Å². The number of para-hydroxylation sites is 1. The molecule has 0 fully saturated rings. The normalized spacial score (nSPS) is 16.3. The molecular weight excluding hydrogens is 318 g/mol. The third-order valence-electron chi connectivity index (χ3n) is 4.52. The van der Waals surface area contributed by atoms with Gasteiger partial charge in [-0.25, -0.2) is 0 Å². The van der Waals surface area contributed by atoms with Gasteiger partial charge >= 0.3 is 0 Å². The number of benzene rings is 1. The van der Waals surface area contributed by atoms with Crippen LogP contribution in [-0.4, -0.2) is 34.7 Å². The molecule has 1 N–H and O–H groups in total. The van der Waals surface area contributed by atoms with Gasteiger partial charge in [-0.15, -0.1) is 0 Å². The molecule has 128 valence electrons. The van der Waals surface area contributed by atoms with Crippen LogP contribution in [0.15, 0.2) is 47.1 Å². The average Bonchev–Trinajstić information content (AvgIpc) is 3.34. The zero-order valence-electron chi connectivity index (χ0n) is 14.2. The van der Waals surface area contributed by atoms with E-state index in [1.165, 1.54) is 0 Å². The number of nitrogens with zero attached hydrogens (tertiary/aromatic N) is 2. The highest BCUT2D eigenvalue weighted by molar-refractivity contribution is 6.00. The summed E-state index contributed by atoms with van der Waals surface area (Å²) in [6.07, 6.45) is 2.47. The average molecular weight is 337 g/mol. The van der Waals surface area contributed by atoms with E-state index in [-0.39, 0.29) is 11.9 Å². The Hall–Kier alpha value is -3.02. The Kier molecular flexibility index (Phi) is 3.80. The summed E-state index contributed by atoms with van der Waals surface area (Å²) in [6.45, 7) is 2.71. The van der Waals surface area contributed by atoms with Crippen LogP contribution >= 0.6 is 0 Å². The van der Waals surface area contributed by atoms with Gasteiger partial charge in [0.2, 0.25) is 0 Å². The summed E-state index contributed by atoms with van der Waals surface area (Å²) in [7, 11) is 1.64. The Balaban J connectivity index is 1.93. The number of furan rings is 1. The number of aromatic nitrogens is 2. The largest absolute Gasteiger partial charge is 0.496 e. The van der Waals surface area contributed by atoms with Crippen molar-refractivity contribution in [2.24, 2.45) is 0 Å². The van der Waals surface area contributed by atoms with Gasteiger partial charge in [0.15, 0.2) is 11.5 Å². The topological polar surface area (TPSA) is 71.4 Å². The lowest BCUT2D eigenvalue weighted by atomic mass is 9.97. The number of rotatable bonds is 5. The van der Waals surface area contributed by atoms with Gasteiger partial charge in [0.05, 0.1) is 19.4 Å². The second-order valence-corrected chi connectivity index (χ2v) is 5.98. The van der Waals surface area contributed by atoms with Crippen molar-refractivity contribution in [2.75, 3.05) is 13.7 Å². The number of H-pyrrole nitrogens is 1. The maximum Gasteiger partial charge on any atom is 0.275 e. The minimum absolute atomic E-state index is 0.0678. The summed E-state index contributed by atoms with van der Waals surface area (Å²) in [4.78, 5) is 14.8. The Morgan fingerprint density at radius 3 is 2.84 bits per heavy atom. The molecule has 1 aromatic carbocycles. The van der Waals surface area contributed by atoms with E-state index in [1.54, 1.807) is 13.4 Å². The molecule has 6 heteroatoms. The Bertz CT molecular complexity index is 899. The number of hydrogen-bond donors (Lipinski definition) is 1. The molecule has 0 radical (unpaired) electrons. The molecule has 3 aromatic rings. The van der Waals surface area contributed by atoms with Crippen molar-refractivity contribution in [1.82, 2.24) is 15.1 Å². The van der Waals surface area contributed by atoms with Gasteiger partial charge in [0.25, 0.3) is 5.91 Å². The van der Waals surface area contributed by atoms with Crippen LogP contribution in [0.4, 0.5) is 0 Å². The van der Waals surface area contributed by atoms with E-state index in [2.05, 4.69) is 17.1 Å². The standard InChI is InChI=1S/C19H19N3O3/c1-3-10-22-18(12-7-4-5-8-13(12)24-2)15-16(14-9-6-11-25-14)20-21-17(15)19(22)23/h4-9,11,18H,3,10H2,1-2H3,(H,20,21)/t18-/m0/s1. The number of aromatic amines is 1. The molecular formula is C19H19N3O3. The van der Waals surface area contributed by atoms with E-state index in [0.717, 1.165) is 29.0 Å². The molecule has 0 unspecified atom stereocenters. The molecule has 1 atom stereocenters. The van der Waals surface area contributed by atoms with Gasteiger partial charge in [0.1, 0.15) is 11.4 Å². The fourth-order valence-electron chi connectivity index (χ4n) is 3.48. The minimum atomic E-state index is -0.252. The predicted molar refractivity (Wildman–Crippen MR) is 92.5 cm³/mol. The summed E-state index contributed by atoms with van der Waals surface area (Å²) in [5, 5.41) is 7.26. The van der Waals surface area contributed by atoms with Crippen LogP contribution in [0.1, 0.15) is 41.0 Å². The van der Waals surface area contributed by atoms with Gasteiger partial charge in [0, 0.05) is 17.7 Å². The lowest BCUT2D eigenvalue weighted by Gasteiger charge is -2.27. The first-order valence-corrected chi connectivity index (χ1v) is 8.32. The zero-order chi connectivity index (χ0) is 17.4. The Morgan fingerprint density at radius 2 is 2.12 bits per heavy atom. The van der Waals surface area contributed by atoms with Gasteiger partial charge in [-0.3, -0.25) is 9.89 Å². The SMILES string of the molecule is CCCN1C(=O)c2n[nH]c(-c3ccco3)c2[C@@H]1c1ccccc1OC. The van der Waals surface area contributed by atoms with Crippen LogP contribution in [0.2, 0.25) is 0 Å². The highest BCUT2D eigenvalue weighted by Gasteiger charge is 2.43. The van der Waals surface area contributed by atoms with E-state index < -0.39 is 0 Å². The maximum absolute atomic E-state index is 12.9. The van der Waals surface area contributed by atoms with E-state index in [4.69, 9.17) is 9.15 Å². The van der Waals surface area contributed by atoms with Crippen LogP contribution in [0.5, 0.6) is 5.75 Å². The van der Waals surface area contributed by atoms with Crippen molar-refractivity contribution in [2.45, 2.75) is 19.4 Å². The lowest BCUT2D eigenvalue weighted by molar-refractivity contribution is 0.0742. The molecule has 0 saturated carbocycles. The number of carbonyl (C=O) groups excluding carboxylic acids is 1. The van der Waals surface area contributed by atoms with E-state index in [1.807, 2.05) is 41.3 Å². The maximum atomic E-state index is 12.9. The molecule has 6 nitrogen and oxygen atoms in total. The van der Waals surface area contributed by atoms with Gasteiger partial charge in [-0.05, 0) is 24.6 Å². The van der Waals surface area contributed by atoms with Gasteiger partial charge < -0.3 is 14.1 Å². The van der Waals surface area contributed by atoms with Crippen LogP contribution in [0.25, 0.3) is 11.5 Å². The second kappa shape index (κ2) is 6.12. The van der Waals surface area contributed by atoms with Crippen LogP contribution in [0.3, 0.4) is 0 Å². The number of nitrogens with one attached hydrogen (secondary N) is 1. The third-order valence-corrected chi connectivity index (χ3v) is 4.52. The molecule has 0 saturated heterocycles. The number of methoxy groups -OCH3 is 1. The smallest absolute Gasteiger partial charge is 0.275 e. The van der Waals surface area contributed by atoms with Gasteiger partial charge in [-0.1, -0.05) is 25.1 Å². The van der Waals surface area contributed by atoms with E-state index >= 15 is 0 Å². The van der Waals surface area contributed by atoms with E-state index in [0.29, 0.717) is 18.0 Å². The molecule has 1 aliphatic heterocycles. The van der Waals surface area contributed by atoms with Crippen LogP contribution in [-0.2, 0) is 0 Å². The number of hydrogen-bond acceptors (Lipinski definition) is 4. The first kappa shape index (κ1) is 15.5. The summed E-state index contributed by atoms with van der Waals surface area (Å²) in [5.74, 6) is 1.35.